The SMILES string of the molecule is CC(C)COc1ccc(C(C)N[C@@H](C)C2CCCC2)cc1. The van der Waals surface area contributed by atoms with E-state index in [1.54, 1.807) is 0 Å². The van der Waals surface area contributed by atoms with Gasteiger partial charge in [-0.3, -0.25) is 0 Å². The van der Waals surface area contributed by atoms with Crippen molar-refractivity contribution in [3.05, 3.63) is 29.8 Å². The van der Waals surface area contributed by atoms with E-state index in [1.807, 2.05) is 0 Å². The Kier molecular flexibility index (Phi) is 6.10. The first-order chi connectivity index (χ1) is 10.1. The van der Waals surface area contributed by atoms with Crippen molar-refractivity contribution in [2.75, 3.05) is 6.61 Å². The smallest absolute Gasteiger partial charge is 0.119 e. The molecule has 0 amide bonds. The zero-order valence-corrected chi connectivity index (χ0v) is 14.1. The molecule has 0 saturated heterocycles. The lowest BCUT2D eigenvalue weighted by Crippen LogP contribution is -2.34. The summed E-state index contributed by atoms with van der Waals surface area (Å²) in [6.45, 7) is 9.73. The fourth-order valence-corrected chi connectivity index (χ4v) is 3.20. The van der Waals surface area contributed by atoms with Crippen molar-refractivity contribution in [2.24, 2.45) is 11.8 Å². The first-order valence-electron chi connectivity index (χ1n) is 8.55. The number of hydrogen-bond acceptors (Lipinski definition) is 2. The molecule has 1 aromatic carbocycles. The second-order valence-corrected chi connectivity index (χ2v) is 7.00. The molecule has 0 aromatic heterocycles. The molecule has 1 N–H and O–H groups in total. The van der Waals surface area contributed by atoms with Gasteiger partial charge in [-0.05, 0) is 56.2 Å². The zero-order valence-electron chi connectivity index (χ0n) is 14.1. The summed E-state index contributed by atoms with van der Waals surface area (Å²) in [6, 6.07) is 9.58. The quantitative estimate of drug-likeness (QED) is 0.766. The molecular weight excluding hydrogens is 258 g/mol. The van der Waals surface area contributed by atoms with E-state index in [-0.39, 0.29) is 0 Å². The third kappa shape index (κ3) is 5.03. The molecule has 0 aliphatic heterocycles. The van der Waals surface area contributed by atoms with Crippen molar-refractivity contribution in [3.8, 4) is 5.75 Å². The van der Waals surface area contributed by atoms with Crippen molar-refractivity contribution < 1.29 is 4.74 Å². The van der Waals surface area contributed by atoms with Crippen molar-refractivity contribution in [1.29, 1.82) is 0 Å². The van der Waals surface area contributed by atoms with E-state index >= 15 is 0 Å². The van der Waals surface area contributed by atoms with Crippen LogP contribution >= 0.6 is 0 Å². The van der Waals surface area contributed by atoms with Crippen LogP contribution in [0.15, 0.2) is 24.3 Å². The fraction of sp³-hybridized carbons (Fsp3) is 0.684. The molecule has 0 bridgehead atoms. The van der Waals surface area contributed by atoms with Crippen LogP contribution < -0.4 is 10.1 Å². The van der Waals surface area contributed by atoms with Crippen molar-refractivity contribution in [1.82, 2.24) is 5.32 Å². The summed E-state index contributed by atoms with van der Waals surface area (Å²) in [4.78, 5) is 0. The van der Waals surface area contributed by atoms with Gasteiger partial charge >= 0.3 is 0 Å². The van der Waals surface area contributed by atoms with E-state index in [0.717, 1.165) is 18.3 Å². The van der Waals surface area contributed by atoms with Crippen LogP contribution in [0.25, 0.3) is 0 Å². The number of benzene rings is 1. The van der Waals surface area contributed by atoms with Crippen LogP contribution in [0.2, 0.25) is 0 Å². The van der Waals surface area contributed by atoms with Gasteiger partial charge in [0.25, 0.3) is 0 Å². The van der Waals surface area contributed by atoms with Crippen LogP contribution in [0.4, 0.5) is 0 Å². The Labute approximate surface area is 130 Å². The average molecular weight is 289 g/mol. The lowest BCUT2D eigenvalue weighted by molar-refractivity contribution is 0.271. The minimum atomic E-state index is 0.403. The molecule has 2 nitrogen and oxygen atoms in total. The molecule has 21 heavy (non-hydrogen) atoms. The minimum Gasteiger partial charge on any atom is -0.493 e. The predicted molar refractivity (Wildman–Crippen MR) is 89.7 cm³/mol. The molecule has 1 aliphatic rings. The number of rotatable bonds is 7. The van der Waals surface area contributed by atoms with E-state index < -0.39 is 0 Å². The van der Waals surface area contributed by atoms with Gasteiger partial charge in [-0.15, -0.1) is 0 Å². The molecule has 1 unspecified atom stereocenters. The molecule has 2 heteroatoms. The molecule has 1 aromatic rings. The van der Waals surface area contributed by atoms with Gasteiger partial charge in [-0.1, -0.05) is 38.8 Å². The molecule has 0 heterocycles. The maximum atomic E-state index is 5.74. The summed E-state index contributed by atoms with van der Waals surface area (Å²) in [5, 5.41) is 3.77. The highest BCUT2D eigenvalue weighted by Crippen LogP contribution is 2.29. The lowest BCUT2D eigenvalue weighted by Gasteiger charge is -2.25. The summed E-state index contributed by atoms with van der Waals surface area (Å²) in [7, 11) is 0. The number of hydrogen-bond donors (Lipinski definition) is 1. The van der Waals surface area contributed by atoms with Gasteiger partial charge in [0.15, 0.2) is 0 Å². The largest absolute Gasteiger partial charge is 0.493 e. The standard InChI is InChI=1S/C19H31NO/c1-14(2)13-21-19-11-9-18(10-12-19)16(4)20-15(3)17-7-5-6-8-17/h9-12,14-17,20H,5-8,13H2,1-4H3/t15-,16?/m0/s1. The van der Waals surface area contributed by atoms with Gasteiger partial charge in [0.05, 0.1) is 6.61 Å². The predicted octanol–water partition coefficient (Wildman–Crippen LogP) is 4.95. The topological polar surface area (TPSA) is 21.3 Å². The summed E-state index contributed by atoms with van der Waals surface area (Å²) >= 11 is 0. The Balaban J connectivity index is 1.85. The van der Waals surface area contributed by atoms with E-state index in [0.29, 0.717) is 18.0 Å². The summed E-state index contributed by atoms with van der Waals surface area (Å²) < 4.78 is 5.74. The highest BCUT2D eigenvalue weighted by Gasteiger charge is 2.22. The molecule has 0 spiro atoms. The first-order valence-corrected chi connectivity index (χ1v) is 8.55. The summed E-state index contributed by atoms with van der Waals surface area (Å²) in [6.07, 6.45) is 5.60. The Morgan fingerprint density at radius 1 is 1.05 bits per heavy atom. The third-order valence-corrected chi connectivity index (χ3v) is 4.58. The van der Waals surface area contributed by atoms with Crippen LogP contribution in [0.1, 0.15) is 65.0 Å². The summed E-state index contributed by atoms with van der Waals surface area (Å²) in [5.74, 6) is 2.40. The highest BCUT2D eigenvalue weighted by molar-refractivity contribution is 5.29. The lowest BCUT2D eigenvalue weighted by atomic mass is 9.98. The second-order valence-electron chi connectivity index (χ2n) is 7.00. The van der Waals surface area contributed by atoms with Gasteiger partial charge in [0, 0.05) is 12.1 Å². The van der Waals surface area contributed by atoms with Crippen molar-refractivity contribution in [3.63, 3.8) is 0 Å². The molecule has 1 aliphatic carbocycles. The normalized spacial score (nSPS) is 18.9. The number of nitrogens with one attached hydrogen (secondary N) is 1. The van der Waals surface area contributed by atoms with E-state index in [1.165, 1.54) is 31.2 Å². The maximum Gasteiger partial charge on any atom is 0.119 e. The zero-order chi connectivity index (χ0) is 15.2. The molecule has 1 fully saturated rings. The first kappa shape index (κ1) is 16.4. The van der Waals surface area contributed by atoms with Gasteiger partial charge in [0.1, 0.15) is 5.75 Å². The molecular formula is C19H31NO. The van der Waals surface area contributed by atoms with E-state index in [4.69, 9.17) is 4.74 Å². The maximum absolute atomic E-state index is 5.74. The minimum absolute atomic E-state index is 0.403. The van der Waals surface area contributed by atoms with Gasteiger partial charge in [0.2, 0.25) is 0 Å². The average Bonchev–Trinajstić information content (AvgIpc) is 3.00. The number of ether oxygens (including phenoxy) is 1. The van der Waals surface area contributed by atoms with Crippen LogP contribution in [0.5, 0.6) is 5.75 Å². The Morgan fingerprint density at radius 2 is 1.67 bits per heavy atom. The second kappa shape index (κ2) is 7.84. The Bertz CT molecular complexity index is 406. The highest BCUT2D eigenvalue weighted by atomic mass is 16.5. The van der Waals surface area contributed by atoms with E-state index in [2.05, 4.69) is 57.3 Å². The Morgan fingerprint density at radius 3 is 2.24 bits per heavy atom. The summed E-state index contributed by atoms with van der Waals surface area (Å²) in [5.41, 5.74) is 1.34. The fourth-order valence-electron chi connectivity index (χ4n) is 3.20. The van der Waals surface area contributed by atoms with Gasteiger partial charge in [-0.25, -0.2) is 0 Å². The molecule has 1 saturated carbocycles. The monoisotopic (exact) mass is 289 g/mol. The van der Waals surface area contributed by atoms with Crippen LogP contribution in [0, 0.1) is 11.8 Å². The molecule has 0 radical (unpaired) electrons. The van der Waals surface area contributed by atoms with Crippen LogP contribution in [-0.4, -0.2) is 12.6 Å². The Hall–Kier alpha value is -1.02. The molecule has 2 atom stereocenters. The van der Waals surface area contributed by atoms with Gasteiger partial charge in [-0.2, -0.15) is 0 Å². The third-order valence-electron chi connectivity index (χ3n) is 4.58. The van der Waals surface area contributed by atoms with Crippen LogP contribution in [0.3, 0.4) is 0 Å². The van der Waals surface area contributed by atoms with Gasteiger partial charge < -0.3 is 10.1 Å². The van der Waals surface area contributed by atoms with Crippen molar-refractivity contribution in [2.45, 2.75) is 65.5 Å². The molecule has 2 rings (SSSR count). The van der Waals surface area contributed by atoms with Crippen LogP contribution in [-0.2, 0) is 0 Å². The van der Waals surface area contributed by atoms with Crippen molar-refractivity contribution >= 4 is 0 Å². The van der Waals surface area contributed by atoms with E-state index in [9.17, 15) is 0 Å². The molecule has 118 valence electrons.